The van der Waals surface area contributed by atoms with E-state index in [2.05, 4.69) is 13.8 Å². The van der Waals surface area contributed by atoms with Gasteiger partial charge in [0.1, 0.15) is 5.25 Å². The minimum absolute atomic E-state index is 0.275. The van der Waals surface area contributed by atoms with E-state index in [0.717, 1.165) is 12.8 Å². The Hall–Kier alpha value is -0.130. The number of sulfonamides is 1. The van der Waals surface area contributed by atoms with Gasteiger partial charge < -0.3 is 4.74 Å². The molecule has 5 heteroatoms. The van der Waals surface area contributed by atoms with Crippen LogP contribution in [-0.2, 0) is 14.8 Å². The molecule has 0 amide bonds. The van der Waals surface area contributed by atoms with E-state index < -0.39 is 10.0 Å². The second-order valence-corrected chi connectivity index (χ2v) is 7.40. The van der Waals surface area contributed by atoms with Crippen LogP contribution >= 0.6 is 0 Å². The first kappa shape index (κ1) is 12.3. The minimum atomic E-state index is -3.07. The van der Waals surface area contributed by atoms with Crippen molar-refractivity contribution in [3.63, 3.8) is 0 Å². The molecule has 0 aliphatic carbocycles. The lowest BCUT2D eigenvalue weighted by Gasteiger charge is -2.37. The maximum absolute atomic E-state index is 12.1. The Morgan fingerprint density at radius 2 is 1.75 bits per heavy atom. The molecule has 0 aromatic carbocycles. The zero-order chi connectivity index (χ0) is 11.8. The van der Waals surface area contributed by atoms with Crippen LogP contribution in [0.25, 0.3) is 0 Å². The number of piperidine rings is 1. The van der Waals surface area contributed by atoms with Crippen molar-refractivity contribution in [2.45, 2.75) is 31.9 Å². The molecule has 0 N–H and O–H groups in total. The third kappa shape index (κ3) is 2.26. The molecule has 2 fully saturated rings. The van der Waals surface area contributed by atoms with Gasteiger partial charge in [-0.3, -0.25) is 0 Å². The van der Waals surface area contributed by atoms with Crippen LogP contribution < -0.4 is 0 Å². The maximum Gasteiger partial charge on any atom is 0.221 e. The van der Waals surface area contributed by atoms with Crippen LogP contribution in [0.1, 0.15) is 26.7 Å². The molecule has 2 heterocycles. The van der Waals surface area contributed by atoms with Crippen LogP contribution in [-0.4, -0.2) is 44.3 Å². The van der Waals surface area contributed by atoms with Crippen LogP contribution in [0.15, 0.2) is 0 Å². The van der Waals surface area contributed by atoms with Gasteiger partial charge in [0.25, 0.3) is 0 Å². The van der Waals surface area contributed by atoms with Crippen LogP contribution in [0.2, 0.25) is 0 Å². The predicted molar refractivity (Wildman–Crippen MR) is 62.7 cm³/mol. The van der Waals surface area contributed by atoms with Crippen molar-refractivity contribution in [3.8, 4) is 0 Å². The molecule has 0 unspecified atom stereocenters. The first-order chi connectivity index (χ1) is 7.51. The lowest BCUT2D eigenvalue weighted by Crippen LogP contribution is -2.51. The summed E-state index contributed by atoms with van der Waals surface area (Å²) < 4.78 is 30.8. The second-order valence-electron chi connectivity index (χ2n) is 5.18. The average molecular weight is 247 g/mol. The van der Waals surface area contributed by atoms with Crippen molar-refractivity contribution >= 4 is 10.0 Å². The van der Waals surface area contributed by atoms with Gasteiger partial charge in [0.2, 0.25) is 10.0 Å². The SMILES string of the molecule is CC(C)C1CCN(S(=O)(=O)C2COC2)CC1. The standard InChI is InChI=1S/C11H21NO3S/c1-9(2)10-3-5-12(6-4-10)16(13,14)11-7-15-8-11/h9-11H,3-8H2,1-2H3. The first-order valence-corrected chi connectivity index (χ1v) is 7.59. The van der Waals surface area contributed by atoms with Crippen molar-refractivity contribution in [1.29, 1.82) is 0 Å². The number of ether oxygens (including phenoxy) is 1. The summed E-state index contributed by atoms with van der Waals surface area (Å²) >= 11 is 0. The summed E-state index contributed by atoms with van der Waals surface area (Å²) in [7, 11) is -3.07. The highest BCUT2D eigenvalue weighted by Gasteiger charge is 2.38. The van der Waals surface area contributed by atoms with Gasteiger partial charge in [0.05, 0.1) is 13.2 Å². The van der Waals surface area contributed by atoms with E-state index in [1.807, 2.05) is 0 Å². The molecule has 4 nitrogen and oxygen atoms in total. The molecule has 0 spiro atoms. The van der Waals surface area contributed by atoms with Gasteiger partial charge in [-0.1, -0.05) is 13.8 Å². The molecule has 0 bridgehead atoms. The fourth-order valence-corrected chi connectivity index (χ4v) is 4.07. The zero-order valence-electron chi connectivity index (χ0n) is 10.1. The van der Waals surface area contributed by atoms with E-state index in [0.29, 0.717) is 38.1 Å². The van der Waals surface area contributed by atoms with Crippen molar-refractivity contribution in [1.82, 2.24) is 4.31 Å². The van der Waals surface area contributed by atoms with Crippen LogP contribution in [0.4, 0.5) is 0 Å². The summed E-state index contributed by atoms with van der Waals surface area (Å²) in [5.74, 6) is 1.35. The van der Waals surface area contributed by atoms with Gasteiger partial charge in [-0.25, -0.2) is 12.7 Å². The Bertz CT molecular complexity index is 327. The van der Waals surface area contributed by atoms with E-state index in [4.69, 9.17) is 4.74 Å². The predicted octanol–water partition coefficient (Wildman–Crippen LogP) is 1.08. The number of nitrogens with zero attached hydrogens (tertiary/aromatic N) is 1. The Labute approximate surface area is 98.0 Å². The van der Waals surface area contributed by atoms with E-state index >= 15 is 0 Å². The Kier molecular flexibility index (Phi) is 3.56. The number of hydrogen-bond acceptors (Lipinski definition) is 3. The van der Waals surface area contributed by atoms with Gasteiger partial charge in [-0.2, -0.15) is 0 Å². The quantitative estimate of drug-likeness (QED) is 0.750. The highest BCUT2D eigenvalue weighted by Crippen LogP contribution is 2.28. The molecule has 2 aliphatic heterocycles. The Morgan fingerprint density at radius 1 is 1.19 bits per heavy atom. The fourth-order valence-electron chi connectivity index (χ4n) is 2.39. The zero-order valence-corrected chi connectivity index (χ0v) is 10.9. The highest BCUT2D eigenvalue weighted by molar-refractivity contribution is 7.89. The molecule has 0 aromatic heterocycles. The summed E-state index contributed by atoms with van der Waals surface area (Å²) in [4.78, 5) is 0. The fraction of sp³-hybridized carbons (Fsp3) is 1.00. The van der Waals surface area contributed by atoms with Crippen molar-refractivity contribution in [2.24, 2.45) is 11.8 Å². The molecule has 94 valence electrons. The topological polar surface area (TPSA) is 46.6 Å². The van der Waals surface area contributed by atoms with Crippen molar-refractivity contribution in [3.05, 3.63) is 0 Å². The average Bonchev–Trinajstić information content (AvgIpc) is 2.14. The summed E-state index contributed by atoms with van der Waals surface area (Å²) in [6.07, 6.45) is 2.01. The lowest BCUT2D eigenvalue weighted by molar-refractivity contribution is 0.0384. The molecular weight excluding hydrogens is 226 g/mol. The van der Waals surface area contributed by atoms with E-state index in [9.17, 15) is 8.42 Å². The van der Waals surface area contributed by atoms with Crippen LogP contribution in [0.5, 0.6) is 0 Å². The third-order valence-electron chi connectivity index (χ3n) is 3.83. The highest BCUT2D eigenvalue weighted by atomic mass is 32.2. The minimum Gasteiger partial charge on any atom is -0.378 e. The number of rotatable bonds is 3. The van der Waals surface area contributed by atoms with Gasteiger partial charge in [0.15, 0.2) is 0 Å². The summed E-state index contributed by atoms with van der Waals surface area (Å²) in [6, 6.07) is 0. The van der Waals surface area contributed by atoms with E-state index in [1.54, 1.807) is 4.31 Å². The largest absolute Gasteiger partial charge is 0.378 e. The van der Waals surface area contributed by atoms with Crippen LogP contribution in [0, 0.1) is 11.8 Å². The van der Waals surface area contributed by atoms with E-state index in [1.165, 1.54) is 0 Å². The normalized spacial score (nSPS) is 25.9. The molecule has 2 aliphatic rings. The molecule has 0 atom stereocenters. The smallest absolute Gasteiger partial charge is 0.221 e. The molecule has 0 radical (unpaired) electrons. The van der Waals surface area contributed by atoms with Crippen molar-refractivity contribution < 1.29 is 13.2 Å². The van der Waals surface area contributed by atoms with Gasteiger partial charge in [0, 0.05) is 13.1 Å². The van der Waals surface area contributed by atoms with Crippen molar-refractivity contribution in [2.75, 3.05) is 26.3 Å². The van der Waals surface area contributed by atoms with Gasteiger partial charge >= 0.3 is 0 Å². The lowest BCUT2D eigenvalue weighted by atomic mass is 9.87. The summed E-state index contributed by atoms with van der Waals surface area (Å²) in [5, 5.41) is -0.275. The third-order valence-corrected chi connectivity index (χ3v) is 6.03. The van der Waals surface area contributed by atoms with Gasteiger partial charge in [-0.15, -0.1) is 0 Å². The summed E-state index contributed by atoms with van der Waals surface area (Å²) in [6.45, 7) is 6.59. The molecule has 16 heavy (non-hydrogen) atoms. The second kappa shape index (κ2) is 4.63. The molecule has 0 saturated carbocycles. The van der Waals surface area contributed by atoms with E-state index in [-0.39, 0.29) is 5.25 Å². The summed E-state index contributed by atoms with van der Waals surface area (Å²) in [5.41, 5.74) is 0. The maximum atomic E-state index is 12.1. The molecule has 0 aromatic rings. The molecular formula is C11H21NO3S. The molecule has 2 saturated heterocycles. The van der Waals surface area contributed by atoms with Gasteiger partial charge in [-0.05, 0) is 24.7 Å². The number of hydrogen-bond donors (Lipinski definition) is 0. The monoisotopic (exact) mass is 247 g/mol. The molecule has 2 rings (SSSR count). The van der Waals surface area contributed by atoms with Crippen LogP contribution in [0.3, 0.4) is 0 Å². The Morgan fingerprint density at radius 3 is 2.12 bits per heavy atom. The Balaban J connectivity index is 1.93. The first-order valence-electron chi connectivity index (χ1n) is 6.08.